The first-order chi connectivity index (χ1) is 16.5. The van der Waals surface area contributed by atoms with Crippen LogP contribution in [-0.2, 0) is 6.54 Å². The van der Waals surface area contributed by atoms with Gasteiger partial charge in [0.25, 0.3) is 11.6 Å². The molecule has 0 aliphatic heterocycles. The summed E-state index contributed by atoms with van der Waals surface area (Å²) in [5, 5.41) is 11.9. The summed E-state index contributed by atoms with van der Waals surface area (Å²) in [7, 11) is 0. The summed E-state index contributed by atoms with van der Waals surface area (Å²) in [4.78, 5) is 33.9. The van der Waals surface area contributed by atoms with Gasteiger partial charge in [0.2, 0.25) is 0 Å². The quantitative estimate of drug-likeness (QED) is 0.187. The predicted molar refractivity (Wildman–Crippen MR) is 134 cm³/mol. The largest absolute Gasteiger partial charge is 0.312 e. The molecule has 0 aliphatic rings. The molecule has 5 rings (SSSR count). The molecule has 0 spiro atoms. The second kappa shape index (κ2) is 8.84. The van der Waals surface area contributed by atoms with E-state index < -0.39 is 10.8 Å². The lowest BCUT2D eigenvalue weighted by atomic mass is 10.0. The van der Waals surface area contributed by atoms with E-state index in [9.17, 15) is 14.9 Å². The van der Waals surface area contributed by atoms with Crippen LogP contribution in [0.2, 0.25) is 0 Å². The lowest BCUT2D eigenvalue weighted by molar-refractivity contribution is -0.384. The minimum Gasteiger partial charge on any atom is -0.312 e. The molecule has 0 bridgehead atoms. The topological polar surface area (TPSA) is 90.4 Å². The number of thiazole rings is 1. The summed E-state index contributed by atoms with van der Waals surface area (Å²) in [5.41, 5.74) is 3.48. The van der Waals surface area contributed by atoms with Crippen molar-refractivity contribution in [2.24, 2.45) is 4.99 Å². The molecule has 8 heteroatoms. The number of nitro groups is 1. The Hall–Kier alpha value is -4.43. The Morgan fingerprint density at radius 3 is 2.62 bits per heavy atom. The number of fused-ring (bicyclic) bond motifs is 2. The van der Waals surface area contributed by atoms with E-state index in [1.807, 2.05) is 59.2 Å². The first-order valence-corrected chi connectivity index (χ1v) is 11.3. The number of benzene rings is 3. The van der Waals surface area contributed by atoms with Crippen molar-refractivity contribution in [2.45, 2.75) is 6.54 Å². The first kappa shape index (κ1) is 21.4. The number of carbonyl (C=O) groups is 1. The van der Waals surface area contributed by atoms with Crippen LogP contribution in [0.25, 0.3) is 32.4 Å². The zero-order chi connectivity index (χ0) is 23.7. The van der Waals surface area contributed by atoms with E-state index in [1.165, 1.54) is 23.5 Å². The average molecular weight is 467 g/mol. The molecule has 0 N–H and O–H groups in total. The third-order valence-corrected chi connectivity index (χ3v) is 6.44. The van der Waals surface area contributed by atoms with Crippen LogP contribution < -0.4 is 4.80 Å². The van der Waals surface area contributed by atoms with Gasteiger partial charge in [0.15, 0.2) is 4.80 Å². The van der Waals surface area contributed by atoms with Crippen LogP contribution in [0.1, 0.15) is 10.4 Å². The first-order valence-electron chi connectivity index (χ1n) is 10.5. The van der Waals surface area contributed by atoms with Crippen molar-refractivity contribution < 1.29 is 9.72 Å². The molecule has 3 aromatic carbocycles. The van der Waals surface area contributed by atoms with Crippen LogP contribution >= 0.6 is 11.3 Å². The van der Waals surface area contributed by atoms with E-state index in [1.54, 1.807) is 18.2 Å². The normalized spacial score (nSPS) is 11.7. The van der Waals surface area contributed by atoms with Crippen LogP contribution in [0.15, 0.2) is 96.5 Å². The summed E-state index contributed by atoms with van der Waals surface area (Å²) >= 11 is 1.23. The minimum atomic E-state index is -0.437. The second-order valence-corrected chi connectivity index (χ2v) is 8.56. The number of non-ortho nitro benzene ring substituents is 1. The maximum Gasteiger partial charge on any atom is 0.280 e. The number of nitro benzene ring substituents is 1. The van der Waals surface area contributed by atoms with Crippen LogP contribution in [0.3, 0.4) is 0 Å². The molecule has 0 fully saturated rings. The SMILES string of the molecule is C=CCn1c(=NC(=O)c2cc(-c3ccccc3)nc3ccccc23)sc2cc([N+](=O)[O-])ccc21. The second-order valence-electron chi connectivity index (χ2n) is 7.55. The minimum absolute atomic E-state index is 0.00925. The number of amides is 1. The highest BCUT2D eigenvalue weighted by atomic mass is 32.1. The van der Waals surface area contributed by atoms with Crippen molar-refractivity contribution in [2.75, 3.05) is 0 Å². The van der Waals surface area contributed by atoms with Gasteiger partial charge < -0.3 is 4.57 Å². The van der Waals surface area contributed by atoms with Gasteiger partial charge in [-0.3, -0.25) is 14.9 Å². The highest BCUT2D eigenvalue weighted by Gasteiger charge is 2.16. The van der Waals surface area contributed by atoms with Crippen LogP contribution in [-0.4, -0.2) is 20.4 Å². The highest BCUT2D eigenvalue weighted by Crippen LogP contribution is 2.26. The number of hydrogen-bond acceptors (Lipinski definition) is 5. The Morgan fingerprint density at radius 2 is 1.85 bits per heavy atom. The molecule has 7 nitrogen and oxygen atoms in total. The molecule has 5 aromatic rings. The molecule has 166 valence electrons. The van der Waals surface area contributed by atoms with Gasteiger partial charge >= 0.3 is 0 Å². The summed E-state index contributed by atoms with van der Waals surface area (Å²) in [6, 6.07) is 23.5. The lowest BCUT2D eigenvalue weighted by Crippen LogP contribution is -2.16. The van der Waals surface area contributed by atoms with Crippen molar-refractivity contribution in [3.63, 3.8) is 0 Å². The van der Waals surface area contributed by atoms with Crippen molar-refractivity contribution in [1.29, 1.82) is 0 Å². The van der Waals surface area contributed by atoms with Gasteiger partial charge in [-0.2, -0.15) is 4.99 Å². The number of rotatable bonds is 5. The molecule has 0 atom stereocenters. The van der Waals surface area contributed by atoms with E-state index in [0.29, 0.717) is 38.2 Å². The van der Waals surface area contributed by atoms with E-state index in [4.69, 9.17) is 4.98 Å². The molecule has 0 unspecified atom stereocenters. The molecular weight excluding hydrogens is 448 g/mol. The molecular formula is C26H18N4O3S. The van der Waals surface area contributed by atoms with E-state index in [2.05, 4.69) is 11.6 Å². The number of pyridine rings is 1. The fourth-order valence-corrected chi connectivity index (χ4v) is 4.89. The van der Waals surface area contributed by atoms with Gasteiger partial charge in [0.05, 0.1) is 31.9 Å². The Labute approximate surface area is 198 Å². The fraction of sp³-hybridized carbons (Fsp3) is 0.0385. The van der Waals surface area contributed by atoms with E-state index in [0.717, 1.165) is 11.1 Å². The standard InChI is InChI=1S/C26H18N4O3S/c1-2-14-29-23-13-12-18(30(32)33)15-24(23)34-26(29)28-25(31)20-16-22(17-8-4-3-5-9-17)27-21-11-7-6-10-19(20)21/h2-13,15-16H,1,14H2. The van der Waals surface area contributed by atoms with Crippen molar-refractivity contribution in [1.82, 2.24) is 9.55 Å². The monoisotopic (exact) mass is 466 g/mol. The number of para-hydroxylation sites is 1. The average Bonchev–Trinajstić information content (AvgIpc) is 3.20. The maximum absolute atomic E-state index is 13.5. The number of nitrogens with zero attached hydrogens (tertiary/aromatic N) is 4. The molecule has 2 heterocycles. The predicted octanol–water partition coefficient (Wildman–Crippen LogP) is 5.75. The van der Waals surface area contributed by atoms with Gasteiger partial charge in [0, 0.05) is 29.6 Å². The van der Waals surface area contributed by atoms with Crippen LogP contribution in [0, 0.1) is 10.1 Å². The van der Waals surface area contributed by atoms with Gasteiger partial charge in [0.1, 0.15) is 0 Å². The Balaban J connectivity index is 1.70. The van der Waals surface area contributed by atoms with Crippen molar-refractivity contribution in [3.05, 3.63) is 112 Å². The molecule has 0 saturated heterocycles. The van der Waals surface area contributed by atoms with Crippen molar-refractivity contribution >= 4 is 44.1 Å². The molecule has 1 amide bonds. The maximum atomic E-state index is 13.5. The van der Waals surface area contributed by atoms with Gasteiger partial charge in [-0.25, -0.2) is 4.98 Å². The summed E-state index contributed by atoms with van der Waals surface area (Å²) in [6.45, 7) is 4.21. The Kier molecular flexibility index (Phi) is 5.57. The third kappa shape index (κ3) is 3.91. The van der Waals surface area contributed by atoms with Gasteiger partial charge in [-0.1, -0.05) is 65.9 Å². The number of carbonyl (C=O) groups excluding carboxylic acids is 1. The molecule has 34 heavy (non-hydrogen) atoms. The zero-order valence-electron chi connectivity index (χ0n) is 17.9. The van der Waals surface area contributed by atoms with E-state index in [-0.39, 0.29) is 5.69 Å². The summed E-state index contributed by atoms with van der Waals surface area (Å²) in [6.07, 6.45) is 1.70. The van der Waals surface area contributed by atoms with Gasteiger partial charge in [-0.15, -0.1) is 6.58 Å². The van der Waals surface area contributed by atoms with E-state index >= 15 is 0 Å². The number of aromatic nitrogens is 2. The van der Waals surface area contributed by atoms with Crippen molar-refractivity contribution in [3.8, 4) is 11.3 Å². The van der Waals surface area contributed by atoms with Gasteiger partial charge in [-0.05, 0) is 18.2 Å². The smallest absolute Gasteiger partial charge is 0.280 e. The number of hydrogen-bond donors (Lipinski definition) is 0. The zero-order valence-corrected chi connectivity index (χ0v) is 18.7. The van der Waals surface area contributed by atoms with Crippen LogP contribution in [0.5, 0.6) is 0 Å². The molecule has 2 aromatic heterocycles. The lowest BCUT2D eigenvalue weighted by Gasteiger charge is -2.07. The highest BCUT2D eigenvalue weighted by molar-refractivity contribution is 7.16. The molecule has 0 radical (unpaired) electrons. The fourth-order valence-electron chi connectivity index (χ4n) is 3.82. The van der Waals surface area contributed by atoms with Crippen LogP contribution in [0.4, 0.5) is 5.69 Å². The Bertz CT molecular complexity index is 1650. The summed E-state index contributed by atoms with van der Waals surface area (Å²) in [5.74, 6) is -0.408. The molecule has 0 aliphatic carbocycles. The number of allylic oxidation sites excluding steroid dienone is 1. The molecule has 0 saturated carbocycles. The summed E-state index contributed by atoms with van der Waals surface area (Å²) < 4.78 is 2.50. The third-order valence-electron chi connectivity index (χ3n) is 5.40. The Morgan fingerprint density at radius 1 is 1.09 bits per heavy atom.